The van der Waals surface area contributed by atoms with Gasteiger partial charge in [-0.15, -0.1) is 0 Å². The first-order chi connectivity index (χ1) is 27.6. The summed E-state index contributed by atoms with van der Waals surface area (Å²) >= 11 is 0. The van der Waals surface area contributed by atoms with Gasteiger partial charge in [-0.25, -0.2) is 16.8 Å². The number of likely N-dealkylation sites (tertiary alicyclic amines) is 2. The minimum Gasteiger partial charge on any atom is -0.330 e. The summed E-state index contributed by atoms with van der Waals surface area (Å²) in [5, 5.41) is 5.76. The molecular weight excluding hydrogens is 779 g/mol. The van der Waals surface area contributed by atoms with Crippen molar-refractivity contribution in [3.05, 3.63) is 131 Å². The molecule has 58 heavy (non-hydrogen) atoms. The summed E-state index contributed by atoms with van der Waals surface area (Å²) in [5.74, 6) is 3.29. The number of carbonyl (C=O) groups excluding carboxylic acids is 4. The van der Waals surface area contributed by atoms with E-state index in [-0.39, 0.29) is 23.5 Å². The number of hydrogen-bond acceptors (Lipinski definition) is 8. The van der Waals surface area contributed by atoms with E-state index in [0.29, 0.717) is 72.4 Å². The van der Waals surface area contributed by atoms with E-state index in [1.807, 2.05) is 0 Å². The highest BCUT2D eigenvalue weighted by atomic mass is 32.2. The predicted molar refractivity (Wildman–Crippen MR) is 222 cm³/mol. The molecule has 0 unspecified atom stereocenters. The molecule has 15 heteroatoms. The van der Waals surface area contributed by atoms with E-state index >= 15 is 0 Å². The molecule has 2 saturated heterocycles. The smallest absolute Gasteiger partial charge is 0.247 e. The van der Waals surface area contributed by atoms with Gasteiger partial charge >= 0.3 is 0 Å². The van der Waals surface area contributed by atoms with Crippen molar-refractivity contribution in [3.63, 3.8) is 0 Å². The lowest BCUT2D eigenvalue weighted by Crippen LogP contribution is -2.48. The molecule has 2 aliphatic rings. The first-order valence-corrected chi connectivity index (χ1v) is 22.8. The number of hydrogen-bond donors (Lipinski definition) is 3. The summed E-state index contributed by atoms with van der Waals surface area (Å²) in [4.78, 5) is 57.0. The molecule has 0 radical (unpaired) electrons. The molecule has 0 aromatic heterocycles. The van der Waals surface area contributed by atoms with Crippen molar-refractivity contribution in [2.75, 3.05) is 42.0 Å². The van der Waals surface area contributed by atoms with Crippen molar-refractivity contribution in [3.8, 4) is 11.8 Å². The zero-order valence-electron chi connectivity index (χ0n) is 32.1. The van der Waals surface area contributed by atoms with Crippen molar-refractivity contribution in [1.29, 1.82) is 0 Å². The highest BCUT2D eigenvalue weighted by Gasteiger charge is 2.40. The molecule has 4 amide bonds. The fourth-order valence-corrected chi connectivity index (χ4v) is 8.87. The van der Waals surface area contributed by atoms with Crippen molar-refractivity contribution >= 4 is 54.9 Å². The maximum absolute atomic E-state index is 13.7. The van der Waals surface area contributed by atoms with Gasteiger partial charge in [0.05, 0.1) is 17.9 Å². The fourth-order valence-electron chi connectivity index (χ4n) is 7.26. The van der Waals surface area contributed by atoms with Crippen LogP contribution in [-0.4, -0.2) is 93.7 Å². The minimum atomic E-state index is -3.73. The van der Waals surface area contributed by atoms with E-state index in [4.69, 9.17) is 0 Å². The van der Waals surface area contributed by atoms with Gasteiger partial charge < -0.3 is 20.4 Å². The highest BCUT2D eigenvalue weighted by molar-refractivity contribution is 7.90. The van der Waals surface area contributed by atoms with Crippen LogP contribution < -0.4 is 15.4 Å². The van der Waals surface area contributed by atoms with Gasteiger partial charge in [0.25, 0.3) is 0 Å². The van der Waals surface area contributed by atoms with Crippen LogP contribution in [0.4, 0.5) is 11.4 Å². The number of nitrogens with one attached hydrogen (secondary N) is 3. The molecule has 6 rings (SSSR count). The highest BCUT2D eigenvalue weighted by Crippen LogP contribution is 2.28. The molecule has 4 atom stereocenters. The van der Waals surface area contributed by atoms with E-state index < -0.39 is 49.8 Å². The first kappa shape index (κ1) is 41.8. The summed E-state index contributed by atoms with van der Waals surface area (Å²) in [6.45, 7) is 0.673. The molecule has 0 spiro atoms. The van der Waals surface area contributed by atoms with Crippen LogP contribution in [0.2, 0.25) is 0 Å². The molecule has 4 aromatic carbocycles. The normalized spacial score (nSPS) is 17.8. The molecule has 302 valence electrons. The minimum absolute atomic E-state index is 0.318. The van der Waals surface area contributed by atoms with Crippen molar-refractivity contribution in [2.45, 2.75) is 49.7 Å². The Balaban J connectivity index is 1.04. The van der Waals surface area contributed by atoms with Gasteiger partial charge in [-0.05, 0) is 85.3 Å². The van der Waals surface area contributed by atoms with E-state index in [9.17, 15) is 36.0 Å². The van der Waals surface area contributed by atoms with Crippen LogP contribution in [0.15, 0.2) is 109 Å². The fraction of sp³-hybridized carbons (Fsp3) is 0.302. The summed E-state index contributed by atoms with van der Waals surface area (Å²) < 4.78 is 51.2. The summed E-state index contributed by atoms with van der Waals surface area (Å²) in [7, 11) is -7.22. The van der Waals surface area contributed by atoms with Crippen LogP contribution in [0.3, 0.4) is 0 Å². The molecule has 2 aliphatic heterocycles. The van der Waals surface area contributed by atoms with Gasteiger partial charge in [0.15, 0.2) is 0 Å². The number of nitrogens with zero attached hydrogens (tertiary/aromatic N) is 2. The zero-order valence-corrected chi connectivity index (χ0v) is 33.8. The number of anilines is 2. The van der Waals surface area contributed by atoms with Crippen LogP contribution >= 0.6 is 0 Å². The Hall–Kier alpha value is -5.82. The van der Waals surface area contributed by atoms with Gasteiger partial charge in [0.1, 0.15) is 28.0 Å². The third kappa shape index (κ3) is 11.0. The molecular formula is C43H45N5O8S2. The van der Waals surface area contributed by atoms with Crippen LogP contribution in [0.25, 0.3) is 0 Å². The number of sulfone groups is 1. The number of sulfonamides is 1. The van der Waals surface area contributed by atoms with E-state index in [2.05, 4.69) is 27.2 Å². The van der Waals surface area contributed by atoms with Gasteiger partial charge in [-0.3, -0.25) is 19.2 Å². The summed E-state index contributed by atoms with van der Waals surface area (Å²) in [5.41, 5.74) is 3.47. The van der Waals surface area contributed by atoms with E-state index in [1.54, 1.807) is 109 Å². The molecule has 2 fully saturated rings. The predicted octanol–water partition coefficient (Wildman–Crippen LogP) is 4.06. The van der Waals surface area contributed by atoms with Gasteiger partial charge in [0, 0.05) is 41.8 Å². The Kier molecular flexibility index (Phi) is 13.1. The number of amides is 4. The second kappa shape index (κ2) is 18.2. The molecule has 0 bridgehead atoms. The monoisotopic (exact) mass is 823 g/mol. The molecule has 3 N–H and O–H groups in total. The Labute approximate surface area is 339 Å². The van der Waals surface area contributed by atoms with E-state index in [0.717, 1.165) is 12.5 Å². The second-order valence-corrected chi connectivity index (χ2v) is 18.5. The quantitative estimate of drug-likeness (QED) is 0.179. The Bertz CT molecular complexity index is 2250. The Morgan fingerprint density at radius 2 is 1.05 bits per heavy atom. The topological polar surface area (TPSA) is 179 Å². The van der Waals surface area contributed by atoms with Crippen LogP contribution in [0.5, 0.6) is 0 Å². The first-order valence-electron chi connectivity index (χ1n) is 18.8. The largest absolute Gasteiger partial charge is 0.330 e. The third-order valence-electron chi connectivity index (χ3n) is 10.0. The zero-order chi connectivity index (χ0) is 41.5. The third-order valence-corrected chi connectivity index (χ3v) is 11.6. The second-order valence-electron chi connectivity index (χ2n) is 14.6. The van der Waals surface area contributed by atoms with Crippen molar-refractivity contribution in [2.24, 2.45) is 0 Å². The maximum Gasteiger partial charge on any atom is 0.247 e. The number of benzene rings is 4. The Morgan fingerprint density at radius 1 is 0.621 bits per heavy atom. The average molecular weight is 824 g/mol. The van der Waals surface area contributed by atoms with Gasteiger partial charge in [0.2, 0.25) is 33.7 Å². The van der Waals surface area contributed by atoms with Crippen molar-refractivity contribution in [1.82, 2.24) is 14.5 Å². The molecule has 2 heterocycles. The lowest BCUT2D eigenvalue weighted by atomic mass is 9.99. The average Bonchev–Trinajstić information content (AvgIpc) is 3.90. The molecule has 13 nitrogen and oxygen atoms in total. The maximum atomic E-state index is 13.7. The van der Waals surface area contributed by atoms with Crippen LogP contribution in [-0.2, 0) is 39.0 Å². The Morgan fingerprint density at radius 3 is 1.48 bits per heavy atom. The molecule has 0 aliphatic carbocycles. The van der Waals surface area contributed by atoms with Gasteiger partial charge in [-0.2, -0.15) is 4.72 Å². The SMILES string of the molecule is CS(=O)(=O)C[C@@H](C(=O)N1CCC[C@H]1C(=O)Nc1ccc(C#Cc2ccc(NC(=O)[C@@H]3CCCN3C(=O)[C@H](NS(C)(=O)=O)c3ccccc3)cc2)cc1)c1ccccc1. The number of rotatable bonds is 12. The van der Waals surface area contributed by atoms with Gasteiger partial charge in [-0.1, -0.05) is 72.5 Å². The lowest BCUT2D eigenvalue weighted by molar-refractivity contribution is -0.138. The lowest BCUT2D eigenvalue weighted by Gasteiger charge is -2.28. The summed E-state index contributed by atoms with van der Waals surface area (Å²) in [6, 6.07) is 28.5. The molecule has 0 saturated carbocycles. The van der Waals surface area contributed by atoms with Crippen molar-refractivity contribution < 1.29 is 36.0 Å². The summed E-state index contributed by atoms with van der Waals surface area (Å²) in [6.07, 6.45) is 4.20. The number of carbonyl (C=O) groups is 4. The van der Waals surface area contributed by atoms with Crippen LogP contribution in [0, 0.1) is 11.8 Å². The standard InChI is InChI=1S/C43H45N5O8S2/c1-57(53,54)29-36(32-11-5-3-6-12-32)42(51)47-27-9-15-37(47)40(49)44-34-23-19-30(20-24-34)17-18-31-21-25-35(26-22-31)45-41(50)38-16-10-28-48(38)43(52)39(46-58(2,55)56)33-13-7-4-8-14-33/h3-8,11-14,19-26,36-39,46H,9-10,15-16,27-29H2,1-2H3,(H,44,49)(H,45,50)/t36-,37+,38+,39-/m1/s1. The van der Waals surface area contributed by atoms with E-state index in [1.165, 1.54) is 9.80 Å². The molecule has 4 aromatic rings. The van der Waals surface area contributed by atoms with Crippen LogP contribution in [0.1, 0.15) is 59.9 Å².